The van der Waals surface area contributed by atoms with E-state index in [0.717, 1.165) is 41.1 Å². The minimum atomic E-state index is -0.324. The summed E-state index contributed by atoms with van der Waals surface area (Å²) < 4.78 is 17.1. The third-order valence-electron chi connectivity index (χ3n) is 7.23. The Hall–Kier alpha value is -5.12. The molecule has 10 heteroatoms. The van der Waals surface area contributed by atoms with E-state index in [1.807, 2.05) is 42.3 Å². The molecule has 0 aliphatic carbocycles. The van der Waals surface area contributed by atoms with Gasteiger partial charge in [0, 0.05) is 47.6 Å². The smallest absolute Gasteiger partial charge is 0.259 e. The molecule has 1 saturated heterocycles. The van der Waals surface area contributed by atoms with Crippen molar-refractivity contribution >= 4 is 34.7 Å². The van der Waals surface area contributed by atoms with E-state index in [2.05, 4.69) is 20.6 Å². The second-order valence-electron chi connectivity index (χ2n) is 9.83. The summed E-state index contributed by atoms with van der Waals surface area (Å²) in [7, 11) is 0. The molecule has 7 rings (SSSR count). The molecular weight excluding hydrogens is 510 g/mol. The lowest BCUT2D eigenvalue weighted by Crippen LogP contribution is -2.24. The molecule has 2 aromatic carbocycles. The number of aromatic nitrogens is 2. The fourth-order valence-electron chi connectivity index (χ4n) is 5.31. The predicted octanol–water partition coefficient (Wildman–Crippen LogP) is 5.45. The molecule has 3 aliphatic rings. The normalized spacial score (nSPS) is 16.7. The highest BCUT2D eigenvalue weighted by Crippen LogP contribution is 2.44. The topological polar surface area (TPSA) is 115 Å². The number of benzene rings is 2. The van der Waals surface area contributed by atoms with Crippen molar-refractivity contribution in [3.63, 3.8) is 0 Å². The van der Waals surface area contributed by atoms with Crippen molar-refractivity contribution in [2.24, 2.45) is 0 Å². The molecule has 1 fully saturated rings. The largest absolute Gasteiger partial charge is 0.485 e. The van der Waals surface area contributed by atoms with Crippen LogP contribution in [-0.4, -0.2) is 35.1 Å². The molecule has 0 radical (unpaired) electrons. The summed E-state index contributed by atoms with van der Waals surface area (Å²) in [6.45, 7) is 2.81. The Morgan fingerprint density at radius 3 is 2.77 bits per heavy atom. The summed E-state index contributed by atoms with van der Waals surface area (Å²) in [5.74, 6) is 2.16. The first kappa shape index (κ1) is 24.0. The van der Waals surface area contributed by atoms with Crippen LogP contribution in [0.2, 0.25) is 0 Å². The Labute approximate surface area is 229 Å². The summed E-state index contributed by atoms with van der Waals surface area (Å²) in [4.78, 5) is 35.8. The molecule has 40 heavy (non-hydrogen) atoms. The van der Waals surface area contributed by atoms with Crippen molar-refractivity contribution in [3.05, 3.63) is 78.2 Å². The lowest BCUT2D eigenvalue weighted by molar-refractivity contribution is -0.117. The van der Waals surface area contributed by atoms with Crippen molar-refractivity contribution < 1.29 is 23.8 Å². The summed E-state index contributed by atoms with van der Waals surface area (Å²) in [6.07, 6.45) is 6.30. The maximum Gasteiger partial charge on any atom is 0.259 e. The average Bonchev–Trinajstić information content (AvgIpc) is 3.62. The molecule has 5 heterocycles. The van der Waals surface area contributed by atoms with Gasteiger partial charge < -0.3 is 29.7 Å². The number of nitrogens with zero attached hydrogens (tertiary/aromatic N) is 3. The fourth-order valence-corrected chi connectivity index (χ4v) is 5.31. The molecule has 1 unspecified atom stereocenters. The van der Waals surface area contributed by atoms with Crippen LogP contribution in [-0.2, 0) is 4.79 Å². The van der Waals surface area contributed by atoms with Crippen molar-refractivity contribution in [3.8, 4) is 28.4 Å². The monoisotopic (exact) mass is 535 g/mol. The summed E-state index contributed by atoms with van der Waals surface area (Å²) >= 11 is 0. The van der Waals surface area contributed by atoms with Crippen molar-refractivity contribution in [2.45, 2.75) is 25.9 Å². The van der Waals surface area contributed by atoms with E-state index in [1.54, 1.807) is 36.7 Å². The minimum absolute atomic E-state index is 0.0876. The molecule has 4 aromatic rings. The third-order valence-corrected chi connectivity index (χ3v) is 7.23. The quantitative estimate of drug-likeness (QED) is 0.347. The Morgan fingerprint density at radius 2 is 1.90 bits per heavy atom. The van der Waals surface area contributed by atoms with Gasteiger partial charge in [0.1, 0.15) is 17.7 Å². The first-order valence-corrected chi connectivity index (χ1v) is 13.1. The summed E-state index contributed by atoms with van der Waals surface area (Å²) in [6, 6.07) is 14.8. The highest BCUT2D eigenvalue weighted by atomic mass is 16.7. The van der Waals surface area contributed by atoms with Gasteiger partial charge in [-0.25, -0.2) is 4.98 Å². The van der Waals surface area contributed by atoms with Crippen LogP contribution in [0.4, 0.5) is 22.9 Å². The Morgan fingerprint density at radius 1 is 1.00 bits per heavy atom. The summed E-state index contributed by atoms with van der Waals surface area (Å²) in [5, 5.41) is 6.14. The van der Waals surface area contributed by atoms with E-state index in [1.165, 1.54) is 0 Å². The van der Waals surface area contributed by atoms with E-state index < -0.39 is 0 Å². The van der Waals surface area contributed by atoms with Crippen molar-refractivity contribution in [2.75, 3.05) is 28.9 Å². The molecule has 0 saturated carbocycles. The van der Waals surface area contributed by atoms with Gasteiger partial charge in [-0.3, -0.25) is 14.6 Å². The standard InChI is InChI=1S/C30H25N5O5/c1-17-23-12-27(32-15-24(23)21-8-7-20(11-26(21)40-17)35-9-3-6-28(35)36)33-18-10-19(14-31-13-18)34-30(37)22-4-2-5-25-29(22)39-16-38-25/h2,4-5,7-8,10-15,17H,3,6,9,16H2,1H3,(H,32,33)(H,34,37). The van der Waals surface area contributed by atoms with Gasteiger partial charge >= 0.3 is 0 Å². The number of carbonyl (C=O) groups excluding carboxylic acids is 2. The van der Waals surface area contributed by atoms with Gasteiger partial charge in [-0.15, -0.1) is 0 Å². The highest BCUT2D eigenvalue weighted by Gasteiger charge is 2.27. The maximum absolute atomic E-state index is 12.9. The van der Waals surface area contributed by atoms with E-state index in [9.17, 15) is 9.59 Å². The van der Waals surface area contributed by atoms with Crippen LogP contribution in [0.15, 0.2) is 67.1 Å². The number of amides is 2. The molecule has 2 aromatic heterocycles. The van der Waals surface area contributed by atoms with Crippen LogP contribution in [0.3, 0.4) is 0 Å². The number of fused-ring (bicyclic) bond motifs is 4. The molecule has 2 N–H and O–H groups in total. The second kappa shape index (κ2) is 9.57. The number of nitrogens with one attached hydrogen (secondary N) is 2. The van der Waals surface area contributed by atoms with Gasteiger partial charge in [0.15, 0.2) is 11.5 Å². The van der Waals surface area contributed by atoms with Gasteiger partial charge in [0.25, 0.3) is 5.91 Å². The molecule has 0 spiro atoms. The zero-order valence-electron chi connectivity index (χ0n) is 21.6. The molecule has 1 atom stereocenters. The third kappa shape index (κ3) is 4.23. The number of hydrogen-bond donors (Lipinski definition) is 2. The van der Waals surface area contributed by atoms with Crippen LogP contribution in [0.1, 0.15) is 41.8 Å². The van der Waals surface area contributed by atoms with E-state index >= 15 is 0 Å². The number of pyridine rings is 2. The highest BCUT2D eigenvalue weighted by molar-refractivity contribution is 6.07. The van der Waals surface area contributed by atoms with Gasteiger partial charge in [-0.05, 0) is 49.7 Å². The summed E-state index contributed by atoms with van der Waals surface area (Å²) in [5.41, 5.74) is 5.34. The van der Waals surface area contributed by atoms with Crippen molar-refractivity contribution in [1.29, 1.82) is 0 Å². The van der Waals surface area contributed by atoms with E-state index in [-0.39, 0.29) is 24.7 Å². The number of ether oxygens (including phenoxy) is 3. The molecule has 2 amide bonds. The molecule has 0 bridgehead atoms. The lowest BCUT2D eigenvalue weighted by Gasteiger charge is -2.28. The van der Waals surface area contributed by atoms with E-state index in [4.69, 9.17) is 14.2 Å². The number of para-hydroxylation sites is 1. The van der Waals surface area contributed by atoms with Gasteiger partial charge in [-0.1, -0.05) is 6.07 Å². The molecular formula is C30H25N5O5. The van der Waals surface area contributed by atoms with Crippen LogP contribution >= 0.6 is 0 Å². The first-order chi connectivity index (χ1) is 19.5. The van der Waals surface area contributed by atoms with Gasteiger partial charge in [0.2, 0.25) is 12.7 Å². The van der Waals surface area contributed by atoms with Gasteiger partial charge in [-0.2, -0.15) is 0 Å². The average molecular weight is 536 g/mol. The second-order valence-corrected chi connectivity index (χ2v) is 9.83. The molecule has 3 aliphatic heterocycles. The Kier molecular flexibility index (Phi) is 5.73. The first-order valence-electron chi connectivity index (χ1n) is 13.1. The number of anilines is 4. The lowest BCUT2D eigenvalue weighted by atomic mass is 9.94. The SMILES string of the molecule is CC1Oc2cc(N3CCCC3=O)ccc2-c2cnc(Nc3cncc(NC(=O)c4cccc5c4OCO5)c3)cc21. The molecule has 10 nitrogen and oxygen atoms in total. The van der Waals surface area contributed by atoms with Crippen LogP contribution in [0, 0.1) is 0 Å². The van der Waals surface area contributed by atoms with Crippen LogP contribution in [0.5, 0.6) is 17.2 Å². The van der Waals surface area contributed by atoms with Gasteiger partial charge in [0.05, 0.1) is 29.3 Å². The predicted molar refractivity (Wildman–Crippen MR) is 148 cm³/mol. The zero-order chi connectivity index (χ0) is 27.2. The van der Waals surface area contributed by atoms with E-state index in [0.29, 0.717) is 40.7 Å². The Balaban J connectivity index is 1.10. The Bertz CT molecular complexity index is 1670. The van der Waals surface area contributed by atoms with Crippen molar-refractivity contribution in [1.82, 2.24) is 9.97 Å². The molecule has 200 valence electrons. The van der Waals surface area contributed by atoms with Crippen LogP contribution in [0.25, 0.3) is 11.1 Å². The maximum atomic E-state index is 12.9. The minimum Gasteiger partial charge on any atom is -0.485 e. The number of carbonyl (C=O) groups is 2. The fraction of sp³-hybridized carbons (Fsp3) is 0.200. The number of rotatable bonds is 5. The zero-order valence-corrected chi connectivity index (χ0v) is 21.6. The van der Waals surface area contributed by atoms with Crippen LogP contribution < -0.4 is 29.7 Å². The number of hydrogen-bond acceptors (Lipinski definition) is 8.